The normalized spacial score (nSPS) is 14.1. The summed E-state index contributed by atoms with van der Waals surface area (Å²) in [6, 6.07) is 15.9. The van der Waals surface area contributed by atoms with E-state index in [4.69, 9.17) is 9.47 Å². The van der Waals surface area contributed by atoms with Crippen molar-refractivity contribution in [1.82, 2.24) is 4.98 Å². The Balaban J connectivity index is 1.52. The van der Waals surface area contributed by atoms with Crippen molar-refractivity contribution >= 4 is 17.8 Å². The molecule has 0 aliphatic carbocycles. The molecule has 0 fully saturated rings. The van der Waals surface area contributed by atoms with E-state index in [0.29, 0.717) is 29.1 Å². The average Bonchev–Trinajstić information content (AvgIpc) is 3.24. The summed E-state index contributed by atoms with van der Waals surface area (Å²) in [5, 5.41) is 20.5. The molecule has 0 radical (unpaired) electrons. The van der Waals surface area contributed by atoms with Gasteiger partial charge in [0.25, 0.3) is 0 Å². The van der Waals surface area contributed by atoms with E-state index in [0.717, 1.165) is 6.08 Å². The van der Waals surface area contributed by atoms with Crippen LogP contribution < -0.4 is 9.47 Å². The summed E-state index contributed by atoms with van der Waals surface area (Å²) in [4.78, 5) is 29.2. The number of carboxylic acid groups (broad SMARTS) is 1. The molecule has 1 aliphatic heterocycles. The minimum Gasteiger partial charge on any atom is -0.508 e. The smallest absolute Gasteiger partial charge is 0.304 e. The lowest BCUT2D eigenvalue weighted by Gasteiger charge is -2.20. The minimum atomic E-state index is -1.65. The van der Waals surface area contributed by atoms with E-state index in [1.165, 1.54) is 12.1 Å². The number of Topliss-reactive ketones (excluding diaryl/α,β-unsaturated/α-hetero) is 1. The minimum absolute atomic E-state index is 0.0139. The average molecular weight is 547 g/mol. The van der Waals surface area contributed by atoms with Crippen LogP contribution in [0.4, 0.5) is 13.2 Å². The molecule has 3 aromatic carbocycles. The van der Waals surface area contributed by atoms with Crippen molar-refractivity contribution in [3.63, 3.8) is 0 Å². The highest BCUT2D eigenvalue weighted by Crippen LogP contribution is 2.46. The first-order chi connectivity index (χ1) is 19.2. The number of aliphatic carboxylic acids is 1. The van der Waals surface area contributed by atoms with Crippen molar-refractivity contribution in [3.8, 4) is 17.2 Å². The van der Waals surface area contributed by atoms with Crippen LogP contribution in [-0.2, 0) is 11.4 Å². The molecule has 1 aliphatic rings. The molecule has 0 saturated heterocycles. The van der Waals surface area contributed by atoms with Crippen molar-refractivity contribution in [2.24, 2.45) is 0 Å². The number of benzene rings is 3. The number of aromatic hydroxyl groups is 1. The van der Waals surface area contributed by atoms with Gasteiger partial charge in [-0.15, -0.1) is 0 Å². The standard InChI is InChI=1S/C30H20F3NO6/c31-22-10-16(11-23(32)28(22)33)12-25-29(38)20-7-8-24(35)27(30(20)40-25)21(14-26(36)37)17-4-3-6-19(13-17)39-15-18-5-1-2-9-34-18/h1-13,21,35H,14-15H2,(H,36,37). The van der Waals surface area contributed by atoms with Crippen LogP contribution in [0.3, 0.4) is 0 Å². The number of rotatable bonds is 8. The number of hydrogen-bond acceptors (Lipinski definition) is 6. The van der Waals surface area contributed by atoms with Crippen molar-refractivity contribution in [2.45, 2.75) is 18.9 Å². The van der Waals surface area contributed by atoms with Gasteiger partial charge < -0.3 is 19.7 Å². The van der Waals surface area contributed by atoms with E-state index in [9.17, 15) is 33.0 Å². The fourth-order valence-electron chi connectivity index (χ4n) is 4.43. The van der Waals surface area contributed by atoms with Crippen LogP contribution in [0, 0.1) is 17.5 Å². The second kappa shape index (κ2) is 10.9. The zero-order valence-corrected chi connectivity index (χ0v) is 20.6. The Labute approximate surface area is 225 Å². The van der Waals surface area contributed by atoms with Crippen molar-refractivity contribution in [2.75, 3.05) is 0 Å². The highest BCUT2D eigenvalue weighted by Gasteiger charge is 2.35. The number of allylic oxidation sites excluding steroid dienone is 1. The Morgan fingerprint density at radius 3 is 2.50 bits per heavy atom. The second-order valence-corrected chi connectivity index (χ2v) is 8.95. The maximum Gasteiger partial charge on any atom is 0.304 e. The van der Waals surface area contributed by atoms with Crippen molar-refractivity contribution in [3.05, 3.63) is 124 Å². The number of phenols is 1. The van der Waals surface area contributed by atoms with Gasteiger partial charge in [0.1, 0.15) is 23.9 Å². The number of phenolic OH excluding ortho intramolecular Hbond substituents is 1. The third kappa shape index (κ3) is 5.37. The number of ketones is 1. The third-order valence-electron chi connectivity index (χ3n) is 6.26. The summed E-state index contributed by atoms with van der Waals surface area (Å²) in [6.07, 6.45) is 2.19. The number of pyridine rings is 1. The summed E-state index contributed by atoms with van der Waals surface area (Å²) in [5.41, 5.74) is 1.02. The largest absolute Gasteiger partial charge is 0.508 e. The number of hydrogen-bond donors (Lipinski definition) is 2. The van der Waals surface area contributed by atoms with Gasteiger partial charge in [0.05, 0.1) is 17.7 Å². The summed E-state index contributed by atoms with van der Waals surface area (Å²) in [5.74, 6) is -7.69. The van der Waals surface area contributed by atoms with E-state index in [1.54, 1.807) is 42.6 Å². The number of aromatic nitrogens is 1. The topological polar surface area (TPSA) is 106 Å². The Bertz CT molecular complexity index is 1630. The first-order valence-corrected chi connectivity index (χ1v) is 12.0. The predicted molar refractivity (Wildman–Crippen MR) is 136 cm³/mol. The first kappa shape index (κ1) is 26.5. The molecule has 0 bridgehead atoms. The summed E-state index contributed by atoms with van der Waals surface area (Å²) in [7, 11) is 0. The lowest BCUT2D eigenvalue weighted by molar-refractivity contribution is -0.137. The highest BCUT2D eigenvalue weighted by atomic mass is 19.2. The molecule has 5 rings (SSSR count). The highest BCUT2D eigenvalue weighted by molar-refractivity contribution is 6.15. The van der Waals surface area contributed by atoms with Gasteiger partial charge in [0, 0.05) is 17.7 Å². The van der Waals surface area contributed by atoms with Crippen molar-refractivity contribution < 1.29 is 42.4 Å². The van der Waals surface area contributed by atoms with Gasteiger partial charge in [-0.25, -0.2) is 13.2 Å². The van der Waals surface area contributed by atoms with Gasteiger partial charge in [0.2, 0.25) is 5.78 Å². The van der Waals surface area contributed by atoms with E-state index in [1.807, 2.05) is 6.07 Å². The SMILES string of the molecule is O=C(O)CC(c1cccc(OCc2ccccn2)c1)c1c(O)ccc2c1OC(=Cc1cc(F)c(F)c(F)c1)C2=O. The van der Waals surface area contributed by atoms with E-state index in [2.05, 4.69) is 4.98 Å². The molecule has 1 atom stereocenters. The fraction of sp³-hybridized carbons (Fsp3) is 0.100. The Morgan fingerprint density at radius 1 is 1.02 bits per heavy atom. The van der Waals surface area contributed by atoms with E-state index < -0.39 is 41.5 Å². The molecule has 2 N–H and O–H groups in total. The number of carbonyl (C=O) groups is 2. The molecule has 7 nitrogen and oxygen atoms in total. The monoisotopic (exact) mass is 547 g/mol. The number of carboxylic acids is 1. The van der Waals surface area contributed by atoms with Gasteiger partial charge in [-0.3, -0.25) is 14.6 Å². The second-order valence-electron chi connectivity index (χ2n) is 8.95. The molecular weight excluding hydrogens is 527 g/mol. The van der Waals surface area contributed by atoms with Crippen LogP contribution in [-0.4, -0.2) is 26.9 Å². The molecule has 1 unspecified atom stereocenters. The molecule has 40 heavy (non-hydrogen) atoms. The Hall–Kier alpha value is -5.12. The van der Waals surface area contributed by atoms with Crippen LogP contribution in [0.2, 0.25) is 0 Å². The molecule has 10 heteroatoms. The third-order valence-corrected chi connectivity index (χ3v) is 6.26. The maximum absolute atomic E-state index is 13.7. The van der Waals surface area contributed by atoms with Gasteiger partial charge in [0.15, 0.2) is 23.2 Å². The predicted octanol–water partition coefficient (Wildman–Crippen LogP) is 6.01. The quantitative estimate of drug-likeness (QED) is 0.206. The number of halogens is 3. The van der Waals surface area contributed by atoms with Crippen molar-refractivity contribution in [1.29, 1.82) is 0 Å². The molecular formula is C30H20F3NO6. The lowest BCUT2D eigenvalue weighted by Crippen LogP contribution is -2.10. The molecule has 202 valence electrons. The van der Waals surface area contributed by atoms with Gasteiger partial charge >= 0.3 is 5.97 Å². The molecule has 0 amide bonds. The number of ether oxygens (including phenoxy) is 2. The van der Waals surface area contributed by atoms with Crippen LogP contribution in [0.15, 0.2) is 78.7 Å². The lowest BCUT2D eigenvalue weighted by atomic mass is 9.86. The molecule has 1 aromatic heterocycles. The van der Waals surface area contributed by atoms with E-state index >= 15 is 0 Å². The summed E-state index contributed by atoms with van der Waals surface area (Å²) in [6.45, 7) is 0.163. The number of fused-ring (bicyclic) bond motifs is 1. The van der Waals surface area contributed by atoms with Gasteiger partial charge in [-0.2, -0.15) is 0 Å². The molecule has 0 spiro atoms. The first-order valence-electron chi connectivity index (χ1n) is 12.0. The fourth-order valence-corrected chi connectivity index (χ4v) is 4.43. The van der Waals surface area contributed by atoms with E-state index in [-0.39, 0.29) is 40.6 Å². The molecule has 0 saturated carbocycles. The number of carbonyl (C=O) groups excluding carboxylic acids is 1. The van der Waals surface area contributed by atoms with Crippen LogP contribution in [0.25, 0.3) is 6.08 Å². The maximum atomic E-state index is 13.7. The Morgan fingerprint density at radius 2 is 1.80 bits per heavy atom. The zero-order valence-electron chi connectivity index (χ0n) is 20.6. The van der Waals surface area contributed by atoms with Gasteiger partial charge in [-0.1, -0.05) is 18.2 Å². The van der Waals surface area contributed by atoms with Gasteiger partial charge in [-0.05, 0) is 65.7 Å². The number of nitrogens with zero attached hydrogens (tertiary/aromatic N) is 1. The van der Waals surface area contributed by atoms with Crippen LogP contribution in [0.5, 0.6) is 17.2 Å². The molecule has 4 aromatic rings. The molecule has 2 heterocycles. The van der Waals surface area contributed by atoms with Crippen LogP contribution in [0.1, 0.15) is 45.1 Å². The Kier molecular flexibility index (Phi) is 7.24. The summed E-state index contributed by atoms with van der Waals surface area (Å²) >= 11 is 0. The van der Waals surface area contributed by atoms with Crippen LogP contribution >= 0.6 is 0 Å². The zero-order chi connectivity index (χ0) is 28.4. The summed E-state index contributed by atoms with van der Waals surface area (Å²) < 4.78 is 52.4.